The van der Waals surface area contributed by atoms with Crippen molar-refractivity contribution in [1.29, 1.82) is 0 Å². The lowest BCUT2D eigenvalue weighted by atomic mass is 9.98. The third-order valence-electron chi connectivity index (χ3n) is 6.22. The molecule has 0 bridgehead atoms. The molecule has 0 aliphatic carbocycles. The number of halogens is 1. The zero-order valence-corrected chi connectivity index (χ0v) is 19.9. The number of benzene rings is 4. The average Bonchev–Trinajstić information content (AvgIpc) is 2.87. The molecule has 0 amide bonds. The van der Waals surface area contributed by atoms with Crippen molar-refractivity contribution in [3.05, 3.63) is 131 Å². The van der Waals surface area contributed by atoms with Crippen LogP contribution in [-0.4, -0.2) is 0 Å². The first-order chi connectivity index (χ1) is 16.7. The van der Waals surface area contributed by atoms with Gasteiger partial charge in [-0.05, 0) is 84.0 Å². The first-order valence-corrected chi connectivity index (χ1v) is 12.2. The van der Waals surface area contributed by atoms with Gasteiger partial charge in [-0.1, -0.05) is 85.9 Å². The standard InChI is InChI=1S/C33H31F/c1-3-5-7-26-10-14-28(15-11-26)18-20-30-21-22-31-24-29(19-23-32(31)33(30)34)17-16-27-12-8-25(6-4-2)9-13-27/h3,8-15,19,21-24H,1,4-7,18,20H2,2H3. The lowest BCUT2D eigenvalue weighted by molar-refractivity contribution is 0.620. The summed E-state index contributed by atoms with van der Waals surface area (Å²) in [5.74, 6) is 6.33. The van der Waals surface area contributed by atoms with Gasteiger partial charge in [0.25, 0.3) is 0 Å². The van der Waals surface area contributed by atoms with Gasteiger partial charge in [0.2, 0.25) is 0 Å². The van der Waals surface area contributed by atoms with E-state index in [2.05, 4.69) is 73.9 Å². The maximum absolute atomic E-state index is 15.2. The summed E-state index contributed by atoms with van der Waals surface area (Å²) in [7, 11) is 0. The van der Waals surface area contributed by atoms with Crippen LogP contribution in [0, 0.1) is 17.7 Å². The van der Waals surface area contributed by atoms with E-state index in [9.17, 15) is 0 Å². The molecule has 0 saturated carbocycles. The molecule has 0 aliphatic heterocycles. The molecule has 34 heavy (non-hydrogen) atoms. The SMILES string of the molecule is C=CCCc1ccc(CCc2ccc3cc(C#Cc4ccc(CCC)cc4)ccc3c2F)cc1. The summed E-state index contributed by atoms with van der Waals surface area (Å²) in [4.78, 5) is 0. The van der Waals surface area contributed by atoms with Crippen LogP contribution in [0.15, 0.2) is 91.5 Å². The molecule has 0 N–H and O–H groups in total. The number of allylic oxidation sites excluding steroid dienone is 1. The first kappa shape index (κ1) is 23.5. The van der Waals surface area contributed by atoms with Crippen LogP contribution in [0.4, 0.5) is 4.39 Å². The van der Waals surface area contributed by atoms with E-state index in [4.69, 9.17) is 0 Å². The molecule has 0 saturated heterocycles. The summed E-state index contributed by atoms with van der Waals surface area (Å²) in [6.45, 7) is 5.96. The molecular weight excluding hydrogens is 415 g/mol. The van der Waals surface area contributed by atoms with Gasteiger partial charge in [-0.25, -0.2) is 4.39 Å². The summed E-state index contributed by atoms with van der Waals surface area (Å²) < 4.78 is 15.2. The number of hydrogen-bond acceptors (Lipinski definition) is 0. The minimum absolute atomic E-state index is 0.119. The summed E-state index contributed by atoms with van der Waals surface area (Å²) in [5, 5.41) is 1.55. The quantitative estimate of drug-likeness (QED) is 0.189. The Bertz CT molecular complexity index is 1320. The molecule has 4 rings (SSSR count). The molecule has 0 unspecified atom stereocenters. The molecule has 0 atom stereocenters. The Balaban J connectivity index is 1.45. The highest BCUT2D eigenvalue weighted by atomic mass is 19.1. The minimum Gasteiger partial charge on any atom is -0.206 e. The fourth-order valence-corrected chi connectivity index (χ4v) is 4.22. The van der Waals surface area contributed by atoms with Crippen LogP contribution in [0.3, 0.4) is 0 Å². The van der Waals surface area contributed by atoms with Crippen molar-refractivity contribution < 1.29 is 4.39 Å². The Morgan fingerprint density at radius 2 is 1.32 bits per heavy atom. The van der Waals surface area contributed by atoms with E-state index in [-0.39, 0.29) is 5.82 Å². The lowest BCUT2D eigenvalue weighted by Crippen LogP contribution is -1.96. The summed E-state index contributed by atoms with van der Waals surface area (Å²) in [6.07, 6.45) is 7.69. The molecule has 0 fully saturated rings. The fourth-order valence-electron chi connectivity index (χ4n) is 4.22. The second-order valence-corrected chi connectivity index (χ2v) is 8.82. The van der Waals surface area contributed by atoms with Gasteiger partial charge in [0.05, 0.1) is 0 Å². The maximum Gasteiger partial charge on any atom is 0.134 e. The molecule has 0 heterocycles. The summed E-state index contributed by atoms with van der Waals surface area (Å²) in [5.41, 5.74) is 6.53. The van der Waals surface area contributed by atoms with Gasteiger partial charge in [-0.15, -0.1) is 6.58 Å². The Morgan fingerprint density at radius 3 is 2.03 bits per heavy atom. The maximum atomic E-state index is 15.2. The second kappa shape index (κ2) is 11.5. The van der Waals surface area contributed by atoms with E-state index in [1.54, 1.807) is 0 Å². The third-order valence-corrected chi connectivity index (χ3v) is 6.22. The average molecular weight is 447 g/mol. The molecule has 0 aromatic heterocycles. The summed E-state index contributed by atoms with van der Waals surface area (Å²) >= 11 is 0. The molecule has 4 aromatic carbocycles. The number of fused-ring (bicyclic) bond motifs is 1. The van der Waals surface area contributed by atoms with Crippen LogP contribution < -0.4 is 0 Å². The molecule has 1 heteroatoms. The van der Waals surface area contributed by atoms with Gasteiger partial charge < -0.3 is 0 Å². The smallest absolute Gasteiger partial charge is 0.134 e. The highest BCUT2D eigenvalue weighted by Gasteiger charge is 2.08. The second-order valence-electron chi connectivity index (χ2n) is 8.82. The predicted molar refractivity (Wildman–Crippen MR) is 143 cm³/mol. The zero-order chi connectivity index (χ0) is 23.8. The van der Waals surface area contributed by atoms with Gasteiger partial charge in [-0.3, -0.25) is 0 Å². The van der Waals surface area contributed by atoms with Crippen LogP contribution in [-0.2, 0) is 25.7 Å². The monoisotopic (exact) mass is 446 g/mol. The Morgan fingerprint density at radius 1 is 0.706 bits per heavy atom. The lowest BCUT2D eigenvalue weighted by Gasteiger charge is -2.08. The van der Waals surface area contributed by atoms with Crippen molar-refractivity contribution in [3.8, 4) is 11.8 Å². The number of rotatable bonds is 8. The van der Waals surface area contributed by atoms with Crippen LogP contribution in [0.5, 0.6) is 0 Å². The molecule has 0 nitrogen and oxygen atoms in total. The van der Waals surface area contributed by atoms with Crippen molar-refractivity contribution in [1.82, 2.24) is 0 Å². The highest BCUT2D eigenvalue weighted by Crippen LogP contribution is 2.24. The molecular formula is C33H31F. The minimum atomic E-state index is -0.119. The van der Waals surface area contributed by atoms with Crippen LogP contribution >= 0.6 is 0 Å². The van der Waals surface area contributed by atoms with Gasteiger partial charge in [-0.2, -0.15) is 0 Å². The van der Waals surface area contributed by atoms with Gasteiger partial charge in [0, 0.05) is 16.5 Å². The van der Waals surface area contributed by atoms with Crippen molar-refractivity contribution >= 4 is 10.8 Å². The van der Waals surface area contributed by atoms with Crippen LogP contribution in [0.25, 0.3) is 10.8 Å². The van der Waals surface area contributed by atoms with Crippen molar-refractivity contribution in [2.24, 2.45) is 0 Å². The van der Waals surface area contributed by atoms with E-state index in [1.165, 1.54) is 16.7 Å². The van der Waals surface area contributed by atoms with E-state index < -0.39 is 0 Å². The largest absolute Gasteiger partial charge is 0.206 e. The fraction of sp³-hybridized carbons (Fsp3) is 0.212. The van der Waals surface area contributed by atoms with E-state index >= 15 is 4.39 Å². The summed E-state index contributed by atoms with van der Waals surface area (Å²) in [6, 6.07) is 26.7. The molecule has 0 aliphatic rings. The number of hydrogen-bond donors (Lipinski definition) is 0. The van der Waals surface area contributed by atoms with E-state index in [0.717, 1.165) is 54.2 Å². The molecule has 4 aromatic rings. The Hall–Kier alpha value is -3.63. The topological polar surface area (TPSA) is 0 Å². The van der Waals surface area contributed by atoms with Gasteiger partial charge in [0.1, 0.15) is 5.82 Å². The number of aryl methyl sites for hydroxylation is 4. The Kier molecular flexibility index (Phi) is 7.95. The Labute approximate surface area is 203 Å². The van der Waals surface area contributed by atoms with Gasteiger partial charge in [0.15, 0.2) is 0 Å². The van der Waals surface area contributed by atoms with Crippen LogP contribution in [0.1, 0.15) is 53.1 Å². The van der Waals surface area contributed by atoms with Crippen molar-refractivity contribution in [3.63, 3.8) is 0 Å². The first-order valence-electron chi connectivity index (χ1n) is 12.2. The van der Waals surface area contributed by atoms with Crippen LogP contribution in [0.2, 0.25) is 0 Å². The van der Waals surface area contributed by atoms with Crippen molar-refractivity contribution in [2.75, 3.05) is 0 Å². The highest BCUT2D eigenvalue weighted by molar-refractivity contribution is 5.85. The third kappa shape index (κ3) is 6.03. The normalized spacial score (nSPS) is 10.6. The predicted octanol–water partition coefficient (Wildman–Crippen LogP) is 8.24. The van der Waals surface area contributed by atoms with Gasteiger partial charge >= 0.3 is 0 Å². The molecule has 0 spiro atoms. The zero-order valence-electron chi connectivity index (χ0n) is 19.9. The molecule has 0 radical (unpaired) electrons. The van der Waals surface area contributed by atoms with E-state index in [0.29, 0.717) is 11.8 Å². The molecule has 170 valence electrons. The van der Waals surface area contributed by atoms with E-state index in [1.807, 2.05) is 36.4 Å². The van der Waals surface area contributed by atoms with Crippen molar-refractivity contribution in [2.45, 2.75) is 45.4 Å².